The van der Waals surface area contributed by atoms with Gasteiger partial charge in [0.2, 0.25) is 0 Å². The smallest absolute Gasteiger partial charge is 0.191 e. The molecule has 0 aliphatic carbocycles. The molecule has 0 radical (unpaired) electrons. The highest BCUT2D eigenvalue weighted by molar-refractivity contribution is 4.99. The molecule has 0 rings (SSSR count). The zero-order valence-electron chi connectivity index (χ0n) is 11.7. The van der Waals surface area contributed by atoms with E-state index < -0.39 is 0 Å². The number of rotatable bonds is 12. The van der Waals surface area contributed by atoms with Crippen LogP contribution in [0.2, 0.25) is 0 Å². The molecule has 19 heavy (non-hydrogen) atoms. The largest absolute Gasteiger partial charge is 0.426 e. The Morgan fingerprint density at radius 2 is 0.947 bits per heavy atom. The highest BCUT2D eigenvalue weighted by Gasteiger charge is 2.11. The number of hydrogen-bond donors (Lipinski definition) is 0. The van der Waals surface area contributed by atoms with Crippen molar-refractivity contribution in [3.8, 4) is 0 Å². The molecule has 0 aromatic rings. The molecule has 0 aliphatic rings. The lowest BCUT2D eigenvalue weighted by atomic mass is 10.4. The lowest BCUT2D eigenvalue weighted by molar-refractivity contribution is 0.123. The van der Waals surface area contributed by atoms with Crippen molar-refractivity contribution >= 4 is 0 Å². The molecule has 3 heteroatoms. The molecule has 0 N–H and O–H groups in total. The van der Waals surface area contributed by atoms with Crippen molar-refractivity contribution in [3.05, 3.63) is 75.5 Å². The van der Waals surface area contributed by atoms with E-state index in [1.807, 2.05) is 9.80 Å². The van der Waals surface area contributed by atoms with Crippen molar-refractivity contribution in [2.45, 2.75) is 0 Å². The van der Waals surface area contributed by atoms with Crippen molar-refractivity contribution in [1.29, 1.82) is 0 Å². The third-order valence-corrected chi connectivity index (χ3v) is 2.34. The average molecular weight is 260 g/mol. The van der Waals surface area contributed by atoms with Crippen LogP contribution in [0, 0.1) is 0 Å². The van der Waals surface area contributed by atoms with Gasteiger partial charge in [-0.25, -0.2) is 0 Å². The molecular weight excluding hydrogens is 236 g/mol. The van der Waals surface area contributed by atoms with Crippen molar-refractivity contribution in [3.63, 3.8) is 0 Å². The van der Waals surface area contributed by atoms with Crippen LogP contribution in [0.4, 0.5) is 0 Å². The summed E-state index contributed by atoms with van der Waals surface area (Å²) in [5.74, 6) is 1.03. The molecule has 0 aromatic carbocycles. The molecule has 0 spiro atoms. The van der Waals surface area contributed by atoms with Gasteiger partial charge < -0.3 is 14.5 Å². The fraction of sp³-hybridized carbons (Fsp3) is 0.250. The molecule has 104 valence electrons. The average Bonchev–Trinajstić information content (AvgIpc) is 2.38. The topological polar surface area (TPSA) is 15.7 Å². The van der Waals surface area contributed by atoms with Gasteiger partial charge in [-0.3, -0.25) is 0 Å². The Kier molecular flexibility index (Phi) is 8.71. The third-order valence-electron chi connectivity index (χ3n) is 2.34. The third kappa shape index (κ3) is 6.36. The van der Waals surface area contributed by atoms with E-state index in [1.54, 1.807) is 24.3 Å². The number of hydrogen-bond acceptors (Lipinski definition) is 3. The summed E-state index contributed by atoms with van der Waals surface area (Å²) in [6.07, 6.45) is 7.14. The first-order valence-corrected chi connectivity index (χ1v) is 6.09. The molecular formula is C16H24N2O. The molecule has 0 saturated carbocycles. The molecule has 0 fully saturated rings. The van der Waals surface area contributed by atoms with Gasteiger partial charge in [0.05, 0.1) is 0 Å². The summed E-state index contributed by atoms with van der Waals surface area (Å²) in [4.78, 5) is 3.82. The first-order valence-electron chi connectivity index (χ1n) is 6.09. The Labute approximate surface area is 117 Å². The van der Waals surface area contributed by atoms with E-state index in [1.165, 1.54) is 0 Å². The van der Waals surface area contributed by atoms with E-state index in [2.05, 4.69) is 39.5 Å². The second kappa shape index (κ2) is 9.83. The van der Waals surface area contributed by atoms with Crippen LogP contribution in [0.5, 0.6) is 0 Å². The van der Waals surface area contributed by atoms with Gasteiger partial charge in [-0.15, -0.1) is 26.3 Å². The maximum absolute atomic E-state index is 5.66. The second-order valence-electron chi connectivity index (χ2n) is 3.85. The van der Waals surface area contributed by atoms with Crippen LogP contribution in [0.25, 0.3) is 0 Å². The Bertz CT molecular complexity index is 304. The summed E-state index contributed by atoms with van der Waals surface area (Å²) in [5, 5.41) is 0. The van der Waals surface area contributed by atoms with Gasteiger partial charge in [0.25, 0.3) is 0 Å². The molecule has 3 nitrogen and oxygen atoms in total. The quantitative estimate of drug-likeness (QED) is 0.395. The highest BCUT2D eigenvalue weighted by atomic mass is 16.5. The molecule has 0 heterocycles. The summed E-state index contributed by atoms with van der Waals surface area (Å²) in [5.41, 5.74) is 0. The van der Waals surface area contributed by atoms with Crippen molar-refractivity contribution in [2.24, 2.45) is 0 Å². The van der Waals surface area contributed by atoms with Crippen molar-refractivity contribution < 1.29 is 4.74 Å². The van der Waals surface area contributed by atoms with Gasteiger partial charge >= 0.3 is 0 Å². The number of ether oxygens (including phenoxy) is 1. The van der Waals surface area contributed by atoms with E-state index >= 15 is 0 Å². The summed E-state index contributed by atoms with van der Waals surface area (Å²) >= 11 is 0. The summed E-state index contributed by atoms with van der Waals surface area (Å²) in [6, 6.07) is 0. The Hall–Kier alpha value is -2.16. The van der Waals surface area contributed by atoms with Crippen molar-refractivity contribution in [2.75, 3.05) is 26.2 Å². The Balaban J connectivity index is 4.60. The van der Waals surface area contributed by atoms with Gasteiger partial charge in [0, 0.05) is 26.2 Å². The fourth-order valence-electron chi connectivity index (χ4n) is 1.44. The van der Waals surface area contributed by atoms with Crippen LogP contribution in [0.15, 0.2) is 75.5 Å². The van der Waals surface area contributed by atoms with E-state index in [0.29, 0.717) is 37.9 Å². The summed E-state index contributed by atoms with van der Waals surface area (Å²) < 4.78 is 5.66. The van der Waals surface area contributed by atoms with Crippen LogP contribution >= 0.6 is 0 Å². The monoisotopic (exact) mass is 260 g/mol. The fourth-order valence-corrected chi connectivity index (χ4v) is 1.44. The minimum absolute atomic E-state index is 0.517. The molecule has 0 atom stereocenters. The van der Waals surface area contributed by atoms with Gasteiger partial charge in [0.1, 0.15) is 0 Å². The van der Waals surface area contributed by atoms with E-state index in [0.717, 1.165) is 0 Å². The summed E-state index contributed by atoms with van der Waals surface area (Å²) in [6.45, 7) is 25.2. The second-order valence-corrected chi connectivity index (χ2v) is 3.85. The molecule has 0 bridgehead atoms. The molecule has 0 aromatic heterocycles. The SMILES string of the molecule is C=CCN(CC=C)C(=C)OC(=C)N(CC=C)CC=C. The first-order chi connectivity index (χ1) is 9.10. The molecule has 0 aliphatic heterocycles. The maximum Gasteiger partial charge on any atom is 0.191 e. The van der Waals surface area contributed by atoms with Gasteiger partial charge in [-0.2, -0.15) is 0 Å². The van der Waals surface area contributed by atoms with Crippen LogP contribution in [-0.2, 0) is 4.74 Å². The van der Waals surface area contributed by atoms with E-state index in [-0.39, 0.29) is 0 Å². The lowest BCUT2D eigenvalue weighted by Crippen LogP contribution is -2.29. The van der Waals surface area contributed by atoms with Crippen LogP contribution in [-0.4, -0.2) is 36.0 Å². The van der Waals surface area contributed by atoms with Gasteiger partial charge in [-0.05, 0) is 13.2 Å². The first kappa shape index (κ1) is 16.8. The Morgan fingerprint density at radius 3 is 1.16 bits per heavy atom. The normalized spacial score (nSPS) is 9.05. The lowest BCUT2D eigenvalue weighted by Gasteiger charge is -2.28. The highest BCUT2D eigenvalue weighted by Crippen LogP contribution is 2.12. The standard InChI is InChI=1S/C16H24N2O/c1-7-11-17(12-8-2)15(5)19-16(6)18(13-9-3)14-10-4/h7-10H,1-6,11-14H2. The molecule has 0 unspecified atom stereocenters. The minimum atomic E-state index is 0.517. The molecule has 0 amide bonds. The zero-order valence-corrected chi connectivity index (χ0v) is 11.7. The predicted octanol–water partition coefficient (Wildman–Crippen LogP) is 3.29. The van der Waals surface area contributed by atoms with Crippen LogP contribution in [0.3, 0.4) is 0 Å². The van der Waals surface area contributed by atoms with Crippen LogP contribution < -0.4 is 0 Å². The minimum Gasteiger partial charge on any atom is -0.426 e. The van der Waals surface area contributed by atoms with E-state index in [9.17, 15) is 0 Å². The summed E-state index contributed by atoms with van der Waals surface area (Å²) in [7, 11) is 0. The van der Waals surface area contributed by atoms with Crippen LogP contribution in [0.1, 0.15) is 0 Å². The zero-order chi connectivity index (χ0) is 14.7. The van der Waals surface area contributed by atoms with Gasteiger partial charge in [0.15, 0.2) is 11.8 Å². The van der Waals surface area contributed by atoms with E-state index in [4.69, 9.17) is 4.74 Å². The molecule has 0 saturated heterocycles. The Morgan fingerprint density at radius 1 is 0.684 bits per heavy atom. The van der Waals surface area contributed by atoms with Gasteiger partial charge in [-0.1, -0.05) is 24.3 Å². The maximum atomic E-state index is 5.66. The number of nitrogens with zero attached hydrogens (tertiary/aromatic N) is 2. The van der Waals surface area contributed by atoms with Crippen molar-refractivity contribution in [1.82, 2.24) is 9.80 Å². The predicted molar refractivity (Wildman–Crippen MR) is 83.3 cm³/mol.